The van der Waals surface area contributed by atoms with Gasteiger partial charge in [-0.25, -0.2) is 4.39 Å². The number of halogens is 1. The highest BCUT2D eigenvalue weighted by atomic mass is 19.1. The minimum atomic E-state index is -0.213. The predicted molar refractivity (Wildman–Crippen MR) is 95.2 cm³/mol. The van der Waals surface area contributed by atoms with Gasteiger partial charge in [0.25, 0.3) is 0 Å². The fraction of sp³-hybridized carbons (Fsp3) is 0.143. The smallest absolute Gasteiger partial charge is 0.126 e. The number of benzene rings is 2. The van der Waals surface area contributed by atoms with Crippen LogP contribution >= 0.6 is 0 Å². The molecule has 0 N–H and O–H groups in total. The Hall–Kier alpha value is -2.61. The standard InChI is InChI=1S/C21H21FO/c1-4-6-7-18(5-2)20-15-17(10-13-21(20)23-3)14-16-8-11-19(22)12-9-16/h4-13,15H,1,14H2,2-3H3/b7-6-,18-5+. The Kier molecular flexibility index (Phi) is 5.93. The number of allylic oxidation sites excluding steroid dienone is 5. The van der Waals surface area contributed by atoms with Gasteiger partial charge >= 0.3 is 0 Å². The van der Waals surface area contributed by atoms with E-state index < -0.39 is 0 Å². The first-order chi connectivity index (χ1) is 11.2. The lowest BCUT2D eigenvalue weighted by atomic mass is 9.97. The van der Waals surface area contributed by atoms with Crippen LogP contribution in [0.15, 0.2) is 73.3 Å². The first-order valence-corrected chi connectivity index (χ1v) is 7.55. The van der Waals surface area contributed by atoms with Crippen LogP contribution in [0.25, 0.3) is 5.57 Å². The van der Waals surface area contributed by atoms with E-state index in [-0.39, 0.29) is 5.82 Å². The lowest BCUT2D eigenvalue weighted by Gasteiger charge is -2.12. The van der Waals surface area contributed by atoms with E-state index >= 15 is 0 Å². The van der Waals surface area contributed by atoms with Crippen molar-refractivity contribution in [2.24, 2.45) is 0 Å². The molecule has 2 rings (SSSR count). The van der Waals surface area contributed by atoms with Crippen molar-refractivity contribution in [1.82, 2.24) is 0 Å². The van der Waals surface area contributed by atoms with Gasteiger partial charge in [0, 0.05) is 5.56 Å². The molecule has 0 amide bonds. The Morgan fingerprint density at radius 3 is 2.43 bits per heavy atom. The van der Waals surface area contributed by atoms with E-state index in [0.29, 0.717) is 0 Å². The van der Waals surface area contributed by atoms with E-state index in [9.17, 15) is 4.39 Å². The third kappa shape index (κ3) is 4.43. The van der Waals surface area contributed by atoms with Gasteiger partial charge in [-0.3, -0.25) is 0 Å². The van der Waals surface area contributed by atoms with Gasteiger partial charge in [0.1, 0.15) is 11.6 Å². The largest absolute Gasteiger partial charge is 0.496 e. The highest BCUT2D eigenvalue weighted by Crippen LogP contribution is 2.29. The van der Waals surface area contributed by atoms with Crippen molar-refractivity contribution in [2.75, 3.05) is 7.11 Å². The van der Waals surface area contributed by atoms with E-state index in [1.165, 1.54) is 12.1 Å². The van der Waals surface area contributed by atoms with Crippen LogP contribution in [0.3, 0.4) is 0 Å². The third-order valence-corrected chi connectivity index (χ3v) is 3.62. The maximum absolute atomic E-state index is 13.0. The quantitative estimate of drug-likeness (QED) is 0.634. The van der Waals surface area contributed by atoms with Crippen molar-refractivity contribution in [3.63, 3.8) is 0 Å². The summed E-state index contributed by atoms with van der Waals surface area (Å²) >= 11 is 0. The van der Waals surface area contributed by atoms with Crippen LogP contribution in [0.4, 0.5) is 4.39 Å². The number of methoxy groups -OCH3 is 1. The monoisotopic (exact) mass is 308 g/mol. The van der Waals surface area contributed by atoms with E-state index in [4.69, 9.17) is 4.74 Å². The van der Waals surface area contributed by atoms with Gasteiger partial charge in [-0.05, 0) is 54.3 Å². The predicted octanol–water partition coefficient (Wildman–Crippen LogP) is 5.57. The summed E-state index contributed by atoms with van der Waals surface area (Å²) in [5.41, 5.74) is 4.33. The molecule has 0 aliphatic rings. The van der Waals surface area contributed by atoms with Crippen LogP contribution in [0.2, 0.25) is 0 Å². The van der Waals surface area contributed by atoms with E-state index in [0.717, 1.165) is 34.4 Å². The van der Waals surface area contributed by atoms with Gasteiger partial charge in [0.05, 0.1) is 7.11 Å². The van der Waals surface area contributed by atoms with Crippen LogP contribution in [-0.4, -0.2) is 7.11 Å². The van der Waals surface area contributed by atoms with Gasteiger partial charge in [-0.1, -0.05) is 49.1 Å². The zero-order chi connectivity index (χ0) is 16.7. The van der Waals surface area contributed by atoms with Gasteiger partial charge in [0.2, 0.25) is 0 Å². The highest BCUT2D eigenvalue weighted by Gasteiger charge is 2.08. The molecule has 0 fully saturated rings. The average molecular weight is 308 g/mol. The van der Waals surface area contributed by atoms with E-state index in [1.54, 1.807) is 13.2 Å². The van der Waals surface area contributed by atoms with Crippen molar-refractivity contribution >= 4 is 5.57 Å². The fourth-order valence-electron chi connectivity index (χ4n) is 2.44. The molecule has 2 heteroatoms. The highest BCUT2D eigenvalue weighted by molar-refractivity contribution is 5.78. The molecular weight excluding hydrogens is 287 g/mol. The molecule has 0 aromatic heterocycles. The summed E-state index contributed by atoms with van der Waals surface area (Å²) in [6, 6.07) is 12.7. The molecule has 0 saturated heterocycles. The molecule has 2 aromatic rings. The van der Waals surface area contributed by atoms with Crippen LogP contribution < -0.4 is 4.74 Å². The van der Waals surface area contributed by atoms with Crippen molar-refractivity contribution in [2.45, 2.75) is 13.3 Å². The molecule has 0 aliphatic carbocycles. The van der Waals surface area contributed by atoms with Crippen molar-refractivity contribution in [3.05, 3.63) is 95.9 Å². The number of hydrogen-bond donors (Lipinski definition) is 0. The molecule has 2 aromatic carbocycles. The van der Waals surface area contributed by atoms with E-state index in [1.807, 2.05) is 49.4 Å². The van der Waals surface area contributed by atoms with Gasteiger partial charge in [0.15, 0.2) is 0 Å². The summed E-state index contributed by atoms with van der Waals surface area (Å²) in [7, 11) is 1.67. The number of hydrogen-bond acceptors (Lipinski definition) is 1. The Labute approximate surface area is 137 Å². The van der Waals surface area contributed by atoms with Crippen LogP contribution in [0.1, 0.15) is 23.6 Å². The van der Waals surface area contributed by atoms with Crippen molar-refractivity contribution in [3.8, 4) is 5.75 Å². The Morgan fingerprint density at radius 2 is 1.83 bits per heavy atom. The second kappa shape index (κ2) is 8.14. The molecule has 0 radical (unpaired) electrons. The molecule has 0 saturated carbocycles. The second-order valence-corrected chi connectivity index (χ2v) is 5.18. The minimum absolute atomic E-state index is 0.213. The van der Waals surface area contributed by atoms with Crippen molar-refractivity contribution in [1.29, 1.82) is 0 Å². The summed E-state index contributed by atoms with van der Waals surface area (Å²) in [5.74, 6) is 0.615. The first-order valence-electron chi connectivity index (χ1n) is 7.55. The molecule has 0 spiro atoms. The Balaban J connectivity index is 2.36. The molecule has 0 heterocycles. The van der Waals surface area contributed by atoms with Crippen LogP contribution in [-0.2, 0) is 6.42 Å². The lowest BCUT2D eigenvalue weighted by Crippen LogP contribution is -1.95. The molecule has 0 bridgehead atoms. The molecule has 1 nitrogen and oxygen atoms in total. The molecule has 118 valence electrons. The SMILES string of the molecule is C=C/C=C\C(=C/C)c1cc(Cc2ccc(F)cc2)ccc1OC. The normalized spacial score (nSPS) is 11.7. The Bertz CT molecular complexity index is 724. The van der Waals surface area contributed by atoms with Crippen molar-refractivity contribution < 1.29 is 9.13 Å². The second-order valence-electron chi connectivity index (χ2n) is 5.18. The van der Waals surface area contributed by atoms with Gasteiger partial charge in [-0.2, -0.15) is 0 Å². The van der Waals surface area contributed by atoms with Gasteiger partial charge in [-0.15, -0.1) is 0 Å². The molecule has 0 atom stereocenters. The van der Waals surface area contributed by atoms with Gasteiger partial charge < -0.3 is 4.74 Å². The third-order valence-electron chi connectivity index (χ3n) is 3.62. The summed E-state index contributed by atoms with van der Waals surface area (Å²) < 4.78 is 18.5. The number of rotatable bonds is 6. The zero-order valence-corrected chi connectivity index (χ0v) is 13.6. The minimum Gasteiger partial charge on any atom is -0.496 e. The topological polar surface area (TPSA) is 9.23 Å². The lowest BCUT2D eigenvalue weighted by molar-refractivity contribution is 0.413. The maximum atomic E-state index is 13.0. The van der Waals surface area contributed by atoms with Crippen LogP contribution in [0, 0.1) is 5.82 Å². The first kappa shape index (κ1) is 16.8. The Morgan fingerprint density at radius 1 is 1.13 bits per heavy atom. The molecular formula is C21H21FO. The number of ether oxygens (including phenoxy) is 1. The fourth-order valence-corrected chi connectivity index (χ4v) is 2.44. The molecule has 0 aliphatic heterocycles. The maximum Gasteiger partial charge on any atom is 0.126 e. The molecule has 23 heavy (non-hydrogen) atoms. The zero-order valence-electron chi connectivity index (χ0n) is 13.6. The summed E-state index contributed by atoms with van der Waals surface area (Å²) in [5, 5.41) is 0. The van der Waals surface area contributed by atoms with Crippen LogP contribution in [0.5, 0.6) is 5.75 Å². The molecule has 0 unspecified atom stereocenters. The summed E-state index contributed by atoms with van der Waals surface area (Å²) in [6.45, 7) is 5.70. The average Bonchev–Trinajstić information content (AvgIpc) is 2.58. The summed E-state index contributed by atoms with van der Waals surface area (Å²) in [6.07, 6.45) is 8.45. The summed E-state index contributed by atoms with van der Waals surface area (Å²) in [4.78, 5) is 0. The van der Waals surface area contributed by atoms with E-state index in [2.05, 4.69) is 12.6 Å².